The number of rotatable bonds is 0. The average Bonchev–Trinajstić information content (AvgIpc) is 3.89. The summed E-state index contributed by atoms with van der Waals surface area (Å²) in [5, 5.41) is 9.93. The lowest BCUT2D eigenvalue weighted by atomic mass is 9.96. The predicted octanol–water partition coefficient (Wildman–Crippen LogP) is 8.39. The number of para-hydroxylation sites is 4. The molecule has 0 saturated carbocycles. The molecular weight excluding hydrogens is 821 g/mol. The number of carbonyl (C=O) groups excluding carboxylic acids is 4. The van der Waals surface area contributed by atoms with Crippen LogP contribution in [0, 0.1) is 0 Å². The fraction of sp³-hybridized carbons (Fsp3) is 0.0714. The van der Waals surface area contributed by atoms with Gasteiger partial charge in [-0.1, -0.05) is 158 Å². The Kier molecular flexibility index (Phi) is 10.2. The molecule has 0 amide bonds. The molecule has 7 aliphatic rings. The number of hydrogen-bond donors (Lipinski definition) is 0. The molecule has 2 aromatic heterocycles. The Hall–Kier alpha value is -8.76. The van der Waals surface area contributed by atoms with Gasteiger partial charge in [-0.15, -0.1) is 18.7 Å². The van der Waals surface area contributed by atoms with Gasteiger partial charge in [0.05, 0.1) is 10.4 Å². The van der Waals surface area contributed by atoms with Gasteiger partial charge >= 0.3 is 0 Å². The Morgan fingerprint density at radius 2 is 0.621 bits per heavy atom. The lowest BCUT2D eigenvalue weighted by Crippen LogP contribution is -2.37. The maximum absolute atomic E-state index is 13.8. The summed E-state index contributed by atoms with van der Waals surface area (Å²) >= 11 is 0. The number of aromatic nitrogens is 6. The second-order valence-electron chi connectivity index (χ2n) is 16.7. The Labute approximate surface area is 379 Å². The first-order valence-corrected chi connectivity index (χ1v) is 21.8. The monoisotopic (exact) mass is 860 g/mol. The van der Waals surface area contributed by atoms with Crippen LogP contribution >= 0.6 is 0 Å². The van der Waals surface area contributed by atoms with Gasteiger partial charge in [-0.2, -0.15) is 0 Å². The van der Waals surface area contributed by atoms with Crippen LogP contribution in [0.15, 0.2) is 194 Å². The van der Waals surface area contributed by atoms with Gasteiger partial charge in [-0.3, -0.25) is 19.2 Å². The fourth-order valence-electron chi connectivity index (χ4n) is 8.73. The van der Waals surface area contributed by atoms with Gasteiger partial charge in [0.15, 0.2) is 45.2 Å². The highest BCUT2D eigenvalue weighted by atomic mass is 16.1. The molecule has 316 valence electrons. The lowest BCUT2D eigenvalue weighted by Gasteiger charge is -2.07. The second kappa shape index (κ2) is 16.7. The van der Waals surface area contributed by atoms with Crippen molar-refractivity contribution in [1.29, 1.82) is 0 Å². The third-order valence-electron chi connectivity index (χ3n) is 12.3. The molecule has 0 saturated heterocycles. The summed E-state index contributed by atoms with van der Waals surface area (Å²) in [5.41, 5.74) is 11.5. The smallest absolute Gasteiger partial charge is 0.198 e. The van der Waals surface area contributed by atoms with Gasteiger partial charge in [0.25, 0.3) is 0 Å². The first-order chi connectivity index (χ1) is 32.3. The summed E-state index contributed by atoms with van der Waals surface area (Å²) in [5.74, 6) is -0.688. The summed E-state index contributed by atoms with van der Waals surface area (Å²) in [6, 6.07) is 59.8. The molecule has 7 aliphatic heterocycles. The molecule has 0 spiro atoms. The van der Waals surface area contributed by atoms with Crippen LogP contribution in [0.3, 0.4) is 0 Å². The van der Waals surface area contributed by atoms with Crippen LogP contribution in [0.1, 0.15) is 85.9 Å². The Morgan fingerprint density at radius 3 is 0.955 bits per heavy atom. The van der Waals surface area contributed by atoms with Crippen molar-refractivity contribution in [2.45, 2.75) is 26.2 Å². The Morgan fingerprint density at radius 1 is 0.318 bits per heavy atom. The second-order valence-corrected chi connectivity index (χ2v) is 16.7. The van der Waals surface area contributed by atoms with Gasteiger partial charge in [0, 0.05) is 44.5 Å². The van der Waals surface area contributed by atoms with Crippen LogP contribution in [0.25, 0.3) is 22.1 Å². The van der Waals surface area contributed by atoms with Crippen LogP contribution in [-0.2, 0) is 26.2 Å². The van der Waals surface area contributed by atoms with E-state index in [0.717, 1.165) is 44.3 Å². The number of benzene rings is 8. The predicted molar refractivity (Wildman–Crippen MR) is 249 cm³/mol. The Bertz CT molecular complexity index is 3080. The van der Waals surface area contributed by atoms with Gasteiger partial charge < -0.3 is 0 Å². The first kappa shape index (κ1) is 40.0. The number of nitrogens with zero attached hydrogens (tertiary/aromatic N) is 6. The molecule has 10 nitrogen and oxygen atoms in total. The number of fused-ring (bicyclic) bond motifs is 2. The highest BCUT2D eigenvalue weighted by Gasteiger charge is 2.22. The summed E-state index contributed by atoms with van der Waals surface area (Å²) in [6.45, 7) is 1.90. The van der Waals surface area contributed by atoms with Gasteiger partial charge in [0.2, 0.25) is 0 Å². The molecule has 66 heavy (non-hydrogen) atoms. The molecule has 10 aromatic rings. The molecule has 0 N–H and O–H groups in total. The van der Waals surface area contributed by atoms with Gasteiger partial charge in [0.1, 0.15) is 26.2 Å². The first-order valence-electron chi connectivity index (χ1n) is 21.8. The van der Waals surface area contributed by atoms with Crippen molar-refractivity contribution in [2.75, 3.05) is 0 Å². The van der Waals surface area contributed by atoms with Gasteiger partial charge in [-0.05, 0) is 58.7 Å². The SMILES string of the molecule is O=C1c2ccc(cc2)Cn2n[n+](c3ccccc32)Cc2ccc(cc2)C(=O)c2cccc(c2)C(=O)c2ccc(cc2)C[n+]2nn(c3ccccc32)Cc2ccc(cc2)C(=O)c2cccc1c2. The topological polar surface area (TPSA) is 112 Å². The van der Waals surface area contributed by atoms with Crippen molar-refractivity contribution in [2.24, 2.45) is 0 Å². The zero-order valence-electron chi connectivity index (χ0n) is 35.6. The number of carbonyl (C=O) groups is 4. The molecule has 0 unspecified atom stereocenters. The van der Waals surface area contributed by atoms with E-state index in [4.69, 9.17) is 10.4 Å². The van der Waals surface area contributed by atoms with Crippen LogP contribution in [0.5, 0.6) is 0 Å². The average molecular weight is 861 g/mol. The molecule has 0 radical (unpaired) electrons. The highest BCUT2D eigenvalue weighted by molar-refractivity contribution is 6.14. The maximum Gasteiger partial charge on any atom is 0.198 e. The quantitative estimate of drug-likeness (QED) is 0.142. The zero-order valence-corrected chi connectivity index (χ0v) is 35.6. The number of ketones is 4. The molecule has 10 heteroatoms. The van der Waals surface area contributed by atoms with Crippen molar-refractivity contribution in [3.63, 3.8) is 0 Å². The van der Waals surface area contributed by atoms with E-state index in [0.29, 0.717) is 70.7 Å². The lowest BCUT2D eigenvalue weighted by molar-refractivity contribution is -0.724. The van der Waals surface area contributed by atoms with Gasteiger partial charge in [-0.25, -0.2) is 0 Å². The molecular formula is C56H40N6O4+2. The summed E-state index contributed by atoms with van der Waals surface area (Å²) in [7, 11) is 0. The summed E-state index contributed by atoms with van der Waals surface area (Å²) < 4.78 is 7.77. The van der Waals surface area contributed by atoms with Crippen molar-refractivity contribution in [3.8, 4) is 0 Å². The van der Waals surface area contributed by atoms with E-state index in [1.54, 1.807) is 48.5 Å². The molecule has 0 atom stereocenters. The van der Waals surface area contributed by atoms with Crippen molar-refractivity contribution >= 4 is 45.2 Å². The van der Waals surface area contributed by atoms with E-state index in [9.17, 15) is 19.2 Å². The van der Waals surface area contributed by atoms with E-state index < -0.39 is 0 Å². The van der Waals surface area contributed by atoms with Crippen LogP contribution in [0.2, 0.25) is 0 Å². The Balaban J connectivity index is 0.934. The standard InChI is InChI=1S/C56H40N6O4/c63-53-41-23-15-37(16-24-41)33-59-49-11-1-2-12-50(49)60(57-59)34-38-17-25-42(26-18-38)54(64)46-8-6-10-48(32-46)56(66)44-29-21-40(22-30-44)36-62-52-14-4-3-13-51(52)61(58-62)35-39-19-27-43(28-20-39)55(65)47-9-5-7-45(53)31-47/h1-32H,33-36H2/q+2. The van der Waals surface area contributed by atoms with E-state index >= 15 is 0 Å². The third kappa shape index (κ3) is 7.70. The van der Waals surface area contributed by atoms with Crippen LogP contribution in [-0.4, -0.2) is 42.9 Å². The van der Waals surface area contributed by atoms with E-state index in [1.165, 1.54) is 0 Å². The van der Waals surface area contributed by atoms with Crippen molar-refractivity contribution in [1.82, 2.24) is 19.8 Å². The van der Waals surface area contributed by atoms with Crippen LogP contribution in [0.4, 0.5) is 0 Å². The normalized spacial score (nSPS) is 13.3. The minimum Gasteiger partial charge on any atom is -0.289 e. The number of hydrogen-bond acceptors (Lipinski definition) is 6. The molecule has 16 bridgehead atoms. The molecule has 17 rings (SSSR count). The van der Waals surface area contributed by atoms with Crippen molar-refractivity contribution in [3.05, 3.63) is 261 Å². The third-order valence-corrected chi connectivity index (χ3v) is 12.3. The molecule has 8 aromatic carbocycles. The van der Waals surface area contributed by atoms with E-state index in [2.05, 4.69) is 0 Å². The summed E-state index contributed by atoms with van der Waals surface area (Å²) in [4.78, 5) is 55.1. The minimum atomic E-state index is -0.172. The van der Waals surface area contributed by atoms with Crippen molar-refractivity contribution < 1.29 is 28.5 Å². The molecule has 0 aliphatic carbocycles. The fourth-order valence-corrected chi connectivity index (χ4v) is 8.73. The minimum absolute atomic E-state index is 0.172. The summed E-state index contributed by atoms with van der Waals surface area (Å²) in [6.07, 6.45) is 0. The zero-order chi connectivity index (χ0) is 44.7. The maximum atomic E-state index is 13.8. The largest absolute Gasteiger partial charge is 0.289 e. The van der Waals surface area contributed by atoms with E-state index in [-0.39, 0.29) is 23.1 Å². The highest BCUT2D eigenvalue weighted by Crippen LogP contribution is 2.21. The van der Waals surface area contributed by atoms with E-state index in [1.807, 2.05) is 164 Å². The van der Waals surface area contributed by atoms with Crippen LogP contribution < -0.4 is 9.36 Å². The molecule has 9 heterocycles. The molecule has 0 fully saturated rings.